The quantitative estimate of drug-likeness (QED) is 0.469. The van der Waals surface area contributed by atoms with Crippen LogP contribution in [0.1, 0.15) is 41.3 Å². The molecule has 0 bridgehead atoms. The molecule has 1 aliphatic carbocycles. The number of aryl methyl sites for hydroxylation is 1. The number of carboxylic acids is 1. The molecule has 28 heavy (non-hydrogen) atoms. The van der Waals surface area contributed by atoms with Crippen LogP contribution >= 0.6 is 0 Å². The molecule has 1 N–H and O–H groups in total. The standard InChI is InChI=1S/C24H20O4/c1-13(2)15-5-8-17(24(26)27)20(11-15)23-18-7-4-14(3)10-21(18)28-22-12-16(25)6-9-19(22)23/h4-13H,1-3H3,(H,26,27). The van der Waals surface area contributed by atoms with Gasteiger partial charge in [-0.3, -0.25) is 4.79 Å². The van der Waals surface area contributed by atoms with Gasteiger partial charge in [-0.2, -0.15) is 0 Å². The molecular weight excluding hydrogens is 352 g/mol. The lowest BCUT2D eigenvalue weighted by Gasteiger charge is -2.18. The minimum atomic E-state index is -0.986. The molecule has 0 fully saturated rings. The first-order valence-corrected chi connectivity index (χ1v) is 9.20. The largest absolute Gasteiger partial charge is 0.478 e. The van der Waals surface area contributed by atoms with Gasteiger partial charge in [0.25, 0.3) is 0 Å². The molecule has 4 rings (SSSR count). The van der Waals surface area contributed by atoms with Crippen LogP contribution in [0.3, 0.4) is 0 Å². The van der Waals surface area contributed by atoms with Gasteiger partial charge < -0.3 is 9.52 Å². The normalized spacial score (nSPS) is 11.4. The lowest BCUT2D eigenvalue weighted by Crippen LogP contribution is -2.04. The zero-order chi connectivity index (χ0) is 20.0. The van der Waals surface area contributed by atoms with E-state index in [2.05, 4.69) is 13.8 Å². The van der Waals surface area contributed by atoms with E-state index in [1.54, 1.807) is 12.1 Å². The molecule has 0 aromatic heterocycles. The van der Waals surface area contributed by atoms with Crippen molar-refractivity contribution < 1.29 is 14.3 Å². The maximum atomic E-state index is 12.0. The van der Waals surface area contributed by atoms with Crippen molar-refractivity contribution in [3.8, 4) is 22.5 Å². The van der Waals surface area contributed by atoms with E-state index in [9.17, 15) is 14.7 Å². The monoisotopic (exact) mass is 372 g/mol. The van der Waals surface area contributed by atoms with Crippen molar-refractivity contribution in [2.24, 2.45) is 0 Å². The molecule has 4 nitrogen and oxygen atoms in total. The average Bonchev–Trinajstić information content (AvgIpc) is 2.65. The Labute approximate surface area is 162 Å². The first kappa shape index (κ1) is 18.0. The summed E-state index contributed by atoms with van der Waals surface area (Å²) in [6.45, 7) is 6.11. The van der Waals surface area contributed by atoms with Gasteiger partial charge in [0, 0.05) is 22.6 Å². The highest BCUT2D eigenvalue weighted by molar-refractivity contribution is 6.07. The van der Waals surface area contributed by atoms with Gasteiger partial charge in [0.2, 0.25) is 0 Å². The van der Waals surface area contributed by atoms with Crippen LogP contribution in [0.5, 0.6) is 0 Å². The molecule has 0 saturated carbocycles. The van der Waals surface area contributed by atoms with Gasteiger partial charge in [-0.05, 0) is 59.9 Å². The molecule has 0 unspecified atom stereocenters. The second-order valence-corrected chi connectivity index (χ2v) is 7.40. The van der Waals surface area contributed by atoms with Gasteiger partial charge in [0.05, 0.1) is 5.56 Å². The van der Waals surface area contributed by atoms with Gasteiger partial charge in [0.15, 0.2) is 5.43 Å². The van der Waals surface area contributed by atoms with Crippen molar-refractivity contribution in [3.05, 3.63) is 81.5 Å². The highest BCUT2D eigenvalue weighted by Gasteiger charge is 2.22. The Bertz CT molecular complexity index is 1250. The molecule has 1 aliphatic heterocycles. The summed E-state index contributed by atoms with van der Waals surface area (Å²) in [6, 6.07) is 15.9. The SMILES string of the molecule is Cc1ccc2c(-c3cc(C(C)C)ccc3C(=O)O)c3ccc(=O)cc-3oc2c1. The Morgan fingerprint density at radius 3 is 2.46 bits per heavy atom. The van der Waals surface area contributed by atoms with Crippen molar-refractivity contribution in [2.75, 3.05) is 0 Å². The number of carbonyl (C=O) groups is 1. The van der Waals surface area contributed by atoms with Crippen molar-refractivity contribution in [1.29, 1.82) is 0 Å². The highest BCUT2D eigenvalue weighted by atomic mass is 16.4. The summed E-state index contributed by atoms with van der Waals surface area (Å²) < 4.78 is 6.00. The minimum Gasteiger partial charge on any atom is -0.478 e. The van der Waals surface area contributed by atoms with Crippen LogP contribution in [0, 0.1) is 6.92 Å². The molecule has 2 aromatic carbocycles. The maximum Gasteiger partial charge on any atom is 0.336 e. The lowest BCUT2D eigenvalue weighted by atomic mass is 9.88. The topological polar surface area (TPSA) is 67.5 Å². The molecule has 4 heteroatoms. The third-order valence-electron chi connectivity index (χ3n) is 5.06. The average molecular weight is 372 g/mol. The fraction of sp³-hybridized carbons (Fsp3) is 0.167. The van der Waals surface area contributed by atoms with Crippen molar-refractivity contribution >= 4 is 16.9 Å². The number of rotatable bonds is 3. The van der Waals surface area contributed by atoms with E-state index in [1.807, 2.05) is 37.3 Å². The minimum absolute atomic E-state index is 0.149. The summed E-state index contributed by atoms with van der Waals surface area (Å²) >= 11 is 0. The molecule has 1 heterocycles. The summed E-state index contributed by atoms with van der Waals surface area (Å²) in [5, 5.41) is 10.6. The molecule has 140 valence electrons. The number of benzene rings is 3. The van der Waals surface area contributed by atoms with Crippen LogP contribution in [0.2, 0.25) is 0 Å². The van der Waals surface area contributed by atoms with Crippen LogP contribution in [0.4, 0.5) is 0 Å². The van der Waals surface area contributed by atoms with Crippen LogP contribution in [0.15, 0.2) is 63.8 Å². The van der Waals surface area contributed by atoms with Crippen LogP contribution in [-0.2, 0) is 0 Å². The van der Waals surface area contributed by atoms with E-state index in [1.165, 1.54) is 12.1 Å². The fourth-order valence-corrected chi connectivity index (χ4v) is 3.58. The fourth-order valence-electron chi connectivity index (χ4n) is 3.58. The molecule has 0 saturated heterocycles. The van der Waals surface area contributed by atoms with E-state index in [4.69, 9.17) is 4.42 Å². The number of aromatic carboxylic acids is 1. The molecule has 0 radical (unpaired) electrons. The van der Waals surface area contributed by atoms with Crippen LogP contribution in [0.25, 0.3) is 33.4 Å². The number of hydrogen-bond donors (Lipinski definition) is 1. The van der Waals surface area contributed by atoms with Gasteiger partial charge in [-0.15, -0.1) is 0 Å². The number of hydrogen-bond acceptors (Lipinski definition) is 3. The summed E-state index contributed by atoms with van der Waals surface area (Å²) in [7, 11) is 0. The second-order valence-electron chi connectivity index (χ2n) is 7.40. The van der Waals surface area contributed by atoms with Gasteiger partial charge in [0.1, 0.15) is 11.3 Å². The van der Waals surface area contributed by atoms with Crippen molar-refractivity contribution in [3.63, 3.8) is 0 Å². The lowest BCUT2D eigenvalue weighted by molar-refractivity contribution is 0.0697. The van der Waals surface area contributed by atoms with E-state index >= 15 is 0 Å². The summed E-state index contributed by atoms with van der Waals surface area (Å²) in [5.74, 6) is -0.283. The van der Waals surface area contributed by atoms with E-state index in [0.717, 1.165) is 27.6 Å². The van der Waals surface area contributed by atoms with E-state index in [-0.39, 0.29) is 16.9 Å². The van der Waals surface area contributed by atoms with E-state index < -0.39 is 5.97 Å². The predicted octanol–water partition coefficient (Wildman–Crippen LogP) is 5.69. The molecule has 0 atom stereocenters. The summed E-state index contributed by atoms with van der Waals surface area (Å²) in [5.41, 5.74) is 4.90. The zero-order valence-corrected chi connectivity index (χ0v) is 15.9. The Morgan fingerprint density at radius 2 is 1.75 bits per heavy atom. The van der Waals surface area contributed by atoms with Crippen LogP contribution < -0.4 is 5.43 Å². The highest BCUT2D eigenvalue weighted by Crippen LogP contribution is 2.42. The van der Waals surface area contributed by atoms with E-state index in [0.29, 0.717) is 16.9 Å². The Kier molecular flexibility index (Phi) is 4.27. The third kappa shape index (κ3) is 2.97. The number of fused-ring (bicyclic) bond motifs is 2. The first-order valence-electron chi connectivity index (χ1n) is 9.20. The van der Waals surface area contributed by atoms with Crippen molar-refractivity contribution in [2.45, 2.75) is 26.7 Å². The first-order chi connectivity index (χ1) is 13.3. The van der Waals surface area contributed by atoms with Crippen LogP contribution in [-0.4, -0.2) is 11.1 Å². The molecule has 0 amide bonds. The Morgan fingerprint density at radius 1 is 0.964 bits per heavy atom. The molecule has 2 aliphatic rings. The Balaban J connectivity index is 2.20. The molecule has 2 aromatic rings. The number of carboxylic acid groups (broad SMARTS) is 1. The second kappa shape index (κ2) is 6.64. The smallest absolute Gasteiger partial charge is 0.336 e. The van der Waals surface area contributed by atoms with Gasteiger partial charge in [-0.25, -0.2) is 4.79 Å². The van der Waals surface area contributed by atoms with Crippen molar-refractivity contribution in [1.82, 2.24) is 0 Å². The Hall–Kier alpha value is -3.40. The molecular formula is C24H20O4. The van der Waals surface area contributed by atoms with Gasteiger partial charge >= 0.3 is 5.97 Å². The summed E-state index contributed by atoms with van der Waals surface area (Å²) in [4.78, 5) is 23.9. The third-order valence-corrected chi connectivity index (χ3v) is 5.06. The van der Waals surface area contributed by atoms with Gasteiger partial charge in [-0.1, -0.05) is 32.0 Å². The maximum absolute atomic E-state index is 12.0. The summed E-state index contributed by atoms with van der Waals surface area (Å²) in [6.07, 6.45) is 0. The zero-order valence-electron chi connectivity index (χ0n) is 15.9. The molecule has 0 spiro atoms. The predicted molar refractivity (Wildman–Crippen MR) is 110 cm³/mol.